The lowest BCUT2D eigenvalue weighted by molar-refractivity contribution is 0.0423. The molecule has 0 radical (unpaired) electrons. The third kappa shape index (κ3) is 1.75. The van der Waals surface area contributed by atoms with Crippen molar-refractivity contribution in [2.45, 2.75) is 37.6 Å². The highest BCUT2D eigenvalue weighted by atomic mass is 35.5. The molecule has 0 spiro atoms. The molecule has 2 nitrogen and oxygen atoms in total. The molecule has 86 valence electrons. The Bertz CT molecular complexity index is 376. The second kappa shape index (κ2) is 4.02. The predicted octanol–water partition coefficient (Wildman–Crippen LogP) is 2.94. The zero-order valence-electron chi connectivity index (χ0n) is 8.97. The zero-order valence-corrected chi connectivity index (χ0v) is 9.73. The number of aliphatic hydroxyl groups excluding tert-OH is 1. The van der Waals surface area contributed by atoms with Gasteiger partial charge in [-0.3, -0.25) is 0 Å². The maximum atomic E-state index is 10.3. The molecule has 2 saturated heterocycles. The Hall–Kier alpha value is -0.570. The van der Waals surface area contributed by atoms with Gasteiger partial charge in [0.15, 0.2) is 0 Å². The Balaban J connectivity index is 1.77. The van der Waals surface area contributed by atoms with E-state index in [1.54, 1.807) is 0 Å². The average Bonchev–Trinajstić information content (AvgIpc) is 2.91. The molecule has 3 rings (SSSR count). The number of fused-ring (bicyclic) bond motifs is 2. The minimum Gasteiger partial charge on any atom is -0.388 e. The summed E-state index contributed by atoms with van der Waals surface area (Å²) in [4.78, 5) is 0. The van der Waals surface area contributed by atoms with Crippen LogP contribution in [0, 0.1) is 5.92 Å². The van der Waals surface area contributed by atoms with Crippen molar-refractivity contribution in [1.29, 1.82) is 0 Å². The van der Waals surface area contributed by atoms with E-state index in [1.807, 2.05) is 24.3 Å². The molecule has 0 aliphatic carbocycles. The van der Waals surface area contributed by atoms with Crippen LogP contribution in [0.1, 0.15) is 30.9 Å². The molecule has 4 atom stereocenters. The Morgan fingerprint density at radius 1 is 1.25 bits per heavy atom. The van der Waals surface area contributed by atoms with E-state index in [-0.39, 0.29) is 12.0 Å². The second-order valence-corrected chi connectivity index (χ2v) is 5.21. The fourth-order valence-electron chi connectivity index (χ4n) is 2.92. The molecule has 2 fully saturated rings. The number of rotatable bonds is 2. The van der Waals surface area contributed by atoms with E-state index >= 15 is 0 Å². The van der Waals surface area contributed by atoms with Gasteiger partial charge in [0.2, 0.25) is 0 Å². The van der Waals surface area contributed by atoms with Gasteiger partial charge in [0, 0.05) is 10.9 Å². The van der Waals surface area contributed by atoms with Crippen molar-refractivity contribution < 1.29 is 9.84 Å². The molecular formula is C13H15ClO2. The van der Waals surface area contributed by atoms with Crippen LogP contribution >= 0.6 is 11.6 Å². The van der Waals surface area contributed by atoms with Crippen LogP contribution in [0.25, 0.3) is 0 Å². The van der Waals surface area contributed by atoms with Crippen LogP contribution in [-0.2, 0) is 4.74 Å². The van der Waals surface area contributed by atoms with Crippen LogP contribution in [0.2, 0.25) is 5.02 Å². The van der Waals surface area contributed by atoms with Gasteiger partial charge in [-0.05, 0) is 37.0 Å². The summed E-state index contributed by atoms with van der Waals surface area (Å²) in [6.45, 7) is 0. The van der Waals surface area contributed by atoms with E-state index in [1.165, 1.54) is 0 Å². The van der Waals surface area contributed by atoms with Crippen LogP contribution in [0.4, 0.5) is 0 Å². The van der Waals surface area contributed by atoms with Crippen LogP contribution in [0.5, 0.6) is 0 Å². The Labute approximate surface area is 100 Å². The van der Waals surface area contributed by atoms with E-state index < -0.39 is 6.10 Å². The molecular weight excluding hydrogens is 224 g/mol. The SMILES string of the molecule is OC(c1ccc(Cl)cc1)C1CC2CCC1O2. The lowest BCUT2D eigenvalue weighted by atomic mass is 9.83. The van der Waals surface area contributed by atoms with Gasteiger partial charge in [-0.25, -0.2) is 0 Å². The van der Waals surface area contributed by atoms with Crippen molar-refractivity contribution in [2.24, 2.45) is 5.92 Å². The van der Waals surface area contributed by atoms with Gasteiger partial charge in [-0.1, -0.05) is 23.7 Å². The number of halogens is 1. The number of hydrogen-bond acceptors (Lipinski definition) is 2. The van der Waals surface area contributed by atoms with Gasteiger partial charge < -0.3 is 9.84 Å². The summed E-state index contributed by atoms with van der Waals surface area (Å²) >= 11 is 5.83. The predicted molar refractivity (Wildman–Crippen MR) is 62.4 cm³/mol. The first-order valence-electron chi connectivity index (χ1n) is 5.83. The first kappa shape index (κ1) is 10.6. The molecule has 1 aromatic carbocycles. The number of ether oxygens (including phenoxy) is 1. The summed E-state index contributed by atoms with van der Waals surface area (Å²) in [5.74, 6) is 0.264. The summed E-state index contributed by atoms with van der Waals surface area (Å²) in [5, 5.41) is 11.0. The number of benzene rings is 1. The highest BCUT2D eigenvalue weighted by molar-refractivity contribution is 6.30. The summed E-state index contributed by atoms with van der Waals surface area (Å²) in [6, 6.07) is 7.46. The first-order valence-corrected chi connectivity index (χ1v) is 6.21. The van der Waals surface area contributed by atoms with Crippen LogP contribution in [0.3, 0.4) is 0 Å². The lowest BCUT2D eigenvalue weighted by Gasteiger charge is -2.24. The molecule has 2 aliphatic rings. The van der Waals surface area contributed by atoms with Crippen molar-refractivity contribution in [3.05, 3.63) is 34.9 Å². The topological polar surface area (TPSA) is 29.5 Å². The Morgan fingerprint density at radius 2 is 2.00 bits per heavy atom. The molecule has 0 amide bonds. The summed E-state index contributed by atoms with van der Waals surface area (Å²) in [7, 11) is 0. The summed E-state index contributed by atoms with van der Waals surface area (Å²) < 4.78 is 5.77. The highest BCUT2D eigenvalue weighted by Crippen LogP contribution is 2.44. The standard InChI is InChI=1S/C13H15ClO2/c14-9-3-1-8(2-4-9)13(15)11-7-10-5-6-12(11)16-10/h1-4,10-13,15H,5-7H2. The van der Waals surface area contributed by atoms with Gasteiger partial charge in [0.25, 0.3) is 0 Å². The van der Waals surface area contributed by atoms with E-state index in [4.69, 9.17) is 16.3 Å². The van der Waals surface area contributed by atoms with Crippen molar-refractivity contribution in [3.8, 4) is 0 Å². The number of aliphatic hydroxyl groups is 1. The van der Waals surface area contributed by atoms with Gasteiger partial charge in [0.05, 0.1) is 18.3 Å². The van der Waals surface area contributed by atoms with E-state index in [0.717, 1.165) is 24.8 Å². The minimum atomic E-state index is -0.410. The fraction of sp³-hybridized carbons (Fsp3) is 0.538. The molecule has 0 saturated carbocycles. The molecule has 2 heterocycles. The van der Waals surface area contributed by atoms with Gasteiger partial charge >= 0.3 is 0 Å². The van der Waals surface area contributed by atoms with Crippen LogP contribution in [-0.4, -0.2) is 17.3 Å². The normalized spacial score (nSPS) is 34.2. The van der Waals surface area contributed by atoms with Crippen molar-refractivity contribution in [2.75, 3.05) is 0 Å². The number of hydrogen-bond donors (Lipinski definition) is 1. The maximum Gasteiger partial charge on any atom is 0.0843 e. The second-order valence-electron chi connectivity index (χ2n) is 4.77. The summed E-state index contributed by atoms with van der Waals surface area (Å²) in [6.07, 6.45) is 3.49. The van der Waals surface area contributed by atoms with Crippen molar-refractivity contribution in [1.82, 2.24) is 0 Å². The third-order valence-corrected chi connectivity index (χ3v) is 4.02. The molecule has 2 aliphatic heterocycles. The molecule has 4 unspecified atom stereocenters. The maximum absolute atomic E-state index is 10.3. The van der Waals surface area contributed by atoms with Crippen molar-refractivity contribution >= 4 is 11.6 Å². The van der Waals surface area contributed by atoms with Crippen molar-refractivity contribution in [3.63, 3.8) is 0 Å². The first-order chi connectivity index (χ1) is 7.74. The smallest absolute Gasteiger partial charge is 0.0843 e. The van der Waals surface area contributed by atoms with Gasteiger partial charge in [-0.2, -0.15) is 0 Å². The van der Waals surface area contributed by atoms with E-state index in [2.05, 4.69) is 0 Å². The monoisotopic (exact) mass is 238 g/mol. The van der Waals surface area contributed by atoms with E-state index in [9.17, 15) is 5.11 Å². The van der Waals surface area contributed by atoms with Crippen LogP contribution in [0.15, 0.2) is 24.3 Å². The highest BCUT2D eigenvalue weighted by Gasteiger charge is 2.44. The Morgan fingerprint density at radius 3 is 2.56 bits per heavy atom. The molecule has 3 heteroatoms. The molecule has 1 aromatic rings. The Kier molecular flexibility index (Phi) is 2.66. The third-order valence-electron chi connectivity index (χ3n) is 3.77. The molecule has 1 N–H and O–H groups in total. The summed E-state index contributed by atoms with van der Waals surface area (Å²) in [5.41, 5.74) is 0.950. The van der Waals surface area contributed by atoms with Crippen LogP contribution < -0.4 is 0 Å². The van der Waals surface area contributed by atoms with E-state index in [0.29, 0.717) is 11.1 Å². The molecule has 0 aromatic heterocycles. The molecule has 16 heavy (non-hydrogen) atoms. The quantitative estimate of drug-likeness (QED) is 0.859. The lowest BCUT2D eigenvalue weighted by Crippen LogP contribution is -2.23. The zero-order chi connectivity index (χ0) is 11.1. The molecule has 2 bridgehead atoms. The van der Waals surface area contributed by atoms with Gasteiger partial charge in [0.1, 0.15) is 0 Å². The minimum absolute atomic E-state index is 0.260. The fourth-order valence-corrected chi connectivity index (χ4v) is 3.04. The van der Waals surface area contributed by atoms with Gasteiger partial charge in [-0.15, -0.1) is 0 Å². The average molecular weight is 239 g/mol. The largest absolute Gasteiger partial charge is 0.388 e.